The minimum atomic E-state index is 0.677. The van der Waals surface area contributed by atoms with Crippen molar-refractivity contribution in [1.29, 1.82) is 0 Å². The van der Waals surface area contributed by atoms with Gasteiger partial charge in [0.25, 0.3) is 0 Å². The first-order chi connectivity index (χ1) is 4.18. The molecule has 0 spiro atoms. The van der Waals surface area contributed by atoms with Crippen LogP contribution in [0.3, 0.4) is 0 Å². The molecule has 9 heavy (non-hydrogen) atoms. The second-order valence-electron chi connectivity index (χ2n) is 2.76. The van der Waals surface area contributed by atoms with Crippen LogP contribution in [-0.2, 0) is 0 Å². The summed E-state index contributed by atoms with van der Waals surface area (Å²) in [5.74, 6) is 0.677. The van der Waals surface area contributed by atoms with Gasteiger partial charge in [-0.25, -0.2) is 0 Å². The fraction of sp³-hybridized carbons (Fsp3) is 0.778. The predicted octanol–water partition coefficient (Wildman–Crippen LogP) is 3.19. The minimum absolute atomic E-state index is 0.677. The molecule has 0 N–H and O–H groups in total. The molecule has 0 saturated carbocycles. The van der Waals surface area contributed by atoms with Gasteiger partial charge in [-0.15, -0.1) is 0 Å². The molecule has 0 radical (unpaired) electrons. The summed E-state index contributed by atoms with van der Waals surface area (Å²) < 4.78 is 0. The number of unbranched alkanes of at least 4 members (excludes halogenated alkanes) is 1. The van der Waals surface area contributed by atoms with E-state index in [0.717, 1.165) is 6.42 Å². The molecule has 0 aliphatic rings. The molecule has 0 heteroatoms. The van der Waals surface area contributed by atoms with Crippen molar-refractivity contribution in [3.05, 3.63) is 11.6 Å². The Morgan fingerprint density at radius 1 is 1.44 bits per heavy atom. The normalized spacial score (nSPS) is 11.9. The molecule has 0 aromatic carbocycles. The van der Waals surface area contributed by atoms with Crippen LogP contribution in [0.1, 0.15) is 40.5 Å². The maximum absolute atomic E-state index is 3.35. The molecule has 0 amide bonds. The summed E-state index contributed by atoms with van der Waals surface area (Å²) in [5.41, 5.74) is 1.40. The number of hydrogen-bond acceptors (Lipinski definition) is 0. The average molecular weight is 125 g/mol. The molecular formula is C9H17+. The molecule has 0 aromatic rings. The van der Waals surface area contributed by atoms with E-state index >= 15 is 0 Å². The number of rotatable bonds is 3. The van der Waals surface area contributed by atoms with Crippen molar-refractivity contribution in [3.63, 3.8) is 0 Å². The summed E-state index contributed by atoms with van der Waals surface area (Å²) >= 11 is 0. The van der Waals surface area contributed by atoms with Crippen LogP contribution in [0, 0.1) is 12.0 Å². The Balaban J connectivity index is 3.55. The Bertz CT molecular complexity index is 88.2. The quantitative estimate of drug-likeness (QED) is 0.508. The van der Waals surface area contributed by atoms with E-state index in [1.54, 1.807) is 0 Å². The lowest BCUT2D eigenvalue weighted by atomic mass is 10.0. The largest absolute Gasteiger partial charge is 0.221 e. The van der Waals surface area contributed by atoms with Crippen LogP contribution in [0.2, 0.25) is 0 Å². The van der Waals surface area contributed by atoms with Crippen molar-refractivity contribution in [2.24, 2.45) is 5.92 Å². The first kappa shape index (κ1) is 8.65. The molecule has 0 unspecified atom stereocenters. The van der Waals surface area contributed by atoms with E-state index < -0.39 is 0 Å². The number of hydrogen-bond donors (Lipinski definition) is 0. The molecule has 0 aliphatic heterocycles. The van der Waals surface area contributed by atoms with Gasteiger partial charge in [0, 0.05) is 12.8 Å². The zero-order valence-electron chi connectivity index (χ0n) is 6.99. The average Bonchev–Trinajstić information content (AvgIpc) is 1.82. The van der Waals surface area contributed by atoms with Gasteiger partial charge in [-0.2, -0.15) is 0 Å². The fourth-order valence-corrected chi connectivity index (χ4v) is 0.526. The molecular weight excluding hydrogens is 108 g/mol. The zero-order chi connectivity index (χ0) is 7.28. The van der Waals surface area contributed by atoms with Crippen LogP contribution < -0.4 is 0 Å². The van der Waals surface area contributed by atoms with Crippen LogP contribution in [0.15, 0.2) is 5.57 Å². The standard InChI is InChI=1S/C9H17/c1-5-6-7-9(4)8(2)3/h8H,5-6H2,1-4H3/q+1. The van der Waals surface area contributed by atoms with Crippen molar-refractivity contribution < 1.29 is 0 Å². The van der Waals surface area contributed by atoms with Crippen molar-refractivity contribution >= 4 is 0 Å². The van der Waals surface area contributed by atoms with Gasteiger partial charge in [-0.05, 0) is 6.42 Å². The lowest BCUT2D eigenvalue weighted by Crippen LogP contribution is -1.88. The van der Waals surface area contributed by atoms with Gasteiger partial charge in [-0.3, -0.25) is 0 Å². The van der Waals surface area contributed by atoms with Crippen LogP contribution in [0.25, 0.3) is 0 Å². The highest BCUT2D eigenvalue weighted by atomic mass is 14.0. The van der Waals surface area contributed by atoms with Gasteiger partial charge < -0.3 is 0 Å². The summed E-state index contributed by atoms with van der Waals surface area (Å²) in [5, 5.41) is 0. The van der Waals surface area contributed by atoms with E-state index in [1.165, 1.54) is 12.0 Å². The monoisotopic (exact) mass is 125 g/mol. The zero-order valence-corrected chi connectivity index (χ0v) is 6.99. The smallest absolute Gasteiger partial charge is 0.0607 e. The first-order valence-electron chi connectivity index (χ1n) is 3.75. The maximum atomic E-state index is 3.35. The first-order valence-corrected chi connectivity index (χ1v) is 3.75. The summed E-state index contributed by atoms with van der Waals surface area (Å²) in [6, 6.07) is 0. The maximum Gasteiger partial charge on any atom is 0.221 e. The van der Waals surface area contributed by atoms with Gasteiger partial charge in [0.2, 0.25) is 6.08 Å². The third-order valence-electron chi connectivity index (χ3n) is 1.52. The molecule has 52 valence electrons. The Labute approximate surface area is 59.0 Å². The molecule has 0 saturated heterocycles. The van der Waals surface area contributed by atoms with E-state index in [1.807, 2.05) is 0 Å². The lowest BCUT2D eigenvalue weighted by molar-refractivity contribution is 0.749. The highest BCUT2D eigenvalue weighted by Gasteiger charge is 2.06. The van der Waals surface area contributed by atoms with E-state index in [4.69, 9.17) is 0 Å². The van der Waals surface area contributed by atoms with Gasteiger partial charge >= 0.3 is 0 Å². The van der Waals surface area contributed by atoms with Crippen LogP contribution in [0.4, 0.5) is 0 Å². The third-order valence-corrected chi connectivity index (χ3v) is 1.52. The fourth-order valence-electron chi connectivity index (χ4n) is 0.526. The summed E-state index contributed by atoms with van der Waals surface area (Å²) in [6.07, 6.45) is 5.68. The lowest BCUT2D eigenvalue weighted by Gasteiger charge is -1.90. The Morgan fingerprint density at radius 2 is 2.00 bits per heavy atom. The summed E-state index contributed by atoms with van der Waals surface area (Å²) in [4.78, 5) is 0. The van der Waals surface area contributed by atoms with E-state index in [0.29, 0.717) is 5.92 Å². The molecule has 0 aromatic heterocycles. The highest BCUT2D eigenvalue weighted by molar-refractivity contribution is 4.94. The summed E-state index contributed by atoms with van der Waals surface area (Å²) in [6.45, 7) is 8.75. The number of allylic oxidation sites excluding steroid dienone is 2. The minimum Gasteiger partial charge on any atom is -0.0607 e. The summed E-state index contributed by atoms with van der Waals surface area (Å²) in [7, 11) is 0. The SMILES string of the molecule is CCC[C+]=C(C)C(C)C. The molecule has 0 heterocycles. The van der Waals surface area contributed by atoms with Crippen LogP contribution in [-0.4, -0.2) is 0 Å². The highest BCUT2D eigenvalue weighted by Crippen LogP contribution is 2.08. The molecule has 0 atom stereocenters. The van der Waals surface area contributed by atoms with Gasteiger partial charge in [0.05, 0.1) is 0 Å². The van der Waals surface area contributed by atoms with Gasteiger partial charge in [0.1, 0.15) is 0 Å². The molecule has 0 aliphatic carbocycles. The van der Waals surface area contributed by atoms with Crippen LogP contribution in [0.5, 0.6) is 0 Å². The third kappa shape index (κ3) is 4.17. The van der Waals surface area contributed by atoms with Gasteiger partial charge in [-0.1, -0.05) is 20.8 Å². The van der Waals surface area contributed by atoms with Crippen LogP contribution >= 0.6 is 0 Å². The predicted molar refractivity (Wildman–Crippen MR) is 42.2 cm³/mol. The topological polar surface area (TPSA) is 0 Å². The van der Waals surface area contributed by atoms with Crippen molar-refractivity contribution in [3.8, 4) is 0 Å². The second-order valence-corrected chi connectivity index (χ2v) is 2.76. The van der Waals surface area contributed by atoms with E-state index in [-0.39, 0.29) is 0 Å². The van der Waals surface area contributed by atoms with Gasteiger partial charge in [0.15, 0.2) is 12.0 Å². The molecule has 0 nitrogen and oxygen atoms in total. The molecule has 0 bridgehead atoms. The van der Waals surface area contributed by atoms with Crippen molar-refractivity contribution in [1.82, 2.24) is 0 Å². The van der Waals surface area contributed by atoms with E-state index in [9.17, 15) is 0 Å². The van der Waals surface area contributed by atoms with Crippen molar-refractivity contribution in [2.45, 2.75) is 40.5 Å². The Kier molecular flexibility index (Phi) is 4.35. The Hall–Kier alpha value is -0.350. The van der Waals surface area contributed by atoms with Crippen molar-refractivity contribution in [2.75, 3.05) is 0 Å². The van der Waals surface area contributed by atoms with E-state index in [2.05, 4.69) is 33.8 Å². The Morgan fingerprint density at radius 3 is 2.33 bits per heavy atom. The molecule has 0 rings (SSSR count). The second kappa shape index (κ2) is 4.52. The molecule has 0 fully saturated rings.